The molecule has 27 heavy (non-hydrogen) atoms. The van der Waals surface area contributed by atoms with Gasteiger partial charge in [-0.25, -0.2) is 0 Å². The lowest BCUT2D eigenvalue weighted by Crippen LogP contribution is -2.41. The third-order valence-corrected chi connectivity index (χ3v) is 7.86. The van der Waals surface area contributed by atoms with Crippen LogP contribution in [-0.2, 0) is 25.7 Å². The van der Waals surface area contributed by atoms with E-state index in [0.717, 1.165) is 35.4 Å². The minimum atomic E-state index is -0.102. The van der Waals surface area contributed by atoms with Gasteiger partial charge in [-0.05, 0) is 81.5 Å². The maximum atomic E-state index is 12.5. The van der Waals surface area contributed by atoms with Crippen molar-refractivity contribution in [3.05, 3.63) is 42.8 Å². The summed E-state index contributed by atoms with van der Waals surface area (Å²) in [6.07, 6.45) is 9.28. The number of fused-ring (bicyclic) bond motifs is 2. The van der Waals surface area contributed by atoms with Crippen molar-refractivity contribution in [3.63, 3.8) is 0 Å². The third-order valence-electron chi connectivity index (χ3n) is 5.39. The van der Waals surface area contributed by atoms with Crippen LogP contribution in [-0.4, -0.2) is 24.4 Å². The monoisotopic (exact) mass is 402 g/mol. The molecule has 4 nitrogen and oxygen atoms in total. The highest BCUT2D eigenvalue weighted by molar-refractivity contribution is 7.14. The average molecular weight is 403 g/mol. The summed E-state index contributed by atoms with van der Waals surface area (Å²) in [6, 6.07) is 4.00. The first kappa shape index (κ1) is 18.7. The van der Waals surface area contributed by atoms with Crippen LogP contribution in [0.2, 0.25) is 0 Å². The van der Waals surface area contributed by atoms with Crippen molar-refractivity contribution in [1.82, 2.24) is 10.6 Å². The molecule has 1 atom stereocenters. The van der Waals surface area contributed by atoms with Crippen molar-refractivity contribution in [2.75, 3.05) is 6.54 Å². The van der Waals surface area contributed by atoms with Crippen molar-refractivity contribution in [1.29, 1.82) is 0 Å². The topological polar surface area (TPSA) is 58.2 Å². The van der Waals surface area contributed by atoms with Gasteiger partial charge in [-0.2, -0.15) is 0 Å². The number of carbonyl (C=O) groups is 2. The van der Waals surface area contributed by atoms with E-state index in [1.165, 1.54) is 46.6 Å². The van der Waals surface area contributed by atoms with Gasteiger partial charge in [-0.3, -0.25) is 9.59 Å². The predicted octanol–water partition coefficient (Wildman–Crippen LogP) is 4.12. The van der Waals surface area contributed by atoms with Gasteiger partial charge in [0, 0.05) is 22.3 Å². The number of aryl methyl sites for hydroxylation is 4. The number of amides is 2. The normalized spacial score (nSPS) is 16.9. The maximum Gasteiger partial charge on any atom is 0.261 e. The van der Waals surface area contributed by atoms with Gasteiger partial charge in [0.25, 0.3) is 11.8 Å². The van der Waals surface area contributed by atoms with Crippen molar-refractivity contribution >= 4 is 34.5 Å². The number of hydrogen-bond acceptors (Lipinski definition) is 4. The van der Waals surface area contributed by atoms with Gasteiger partial charge in [0.15, 0.2) is 0 Å². The summed E-state index contributed by atoms with van der Waals surface area (Å²) in [6.45, 7) is 2.38. The molecule has 6 heteroatoms. The van der Waals surface area contributed by atoms with E-state index in [4.69, 9.17) is 0 Å². The summed E-state index contributed by atoms with van der Waals surface area (Å²) in [5.41, 5.74) is 2.69. The van der Waals surface area contributed by atoms with E-state index < -0.39 is 0 Å². The van der Waals surface area contributed by atoms with Gasteiger partial charge in [0.2, 0.25) is 0 Å². The SMILES string of the molecule is C[C@@H](CNC(=O)c1cc2c(s1)CCCC2)NC(=O)c1cc2c(s1)CCCC2. The molecular formula is C21H26N2O2S2. The average Bonchev–Trinajstić information content (AvgIpc) is 3.30. The largest absolute Gasteiger partial charge is 0.349 e. The molecule has 0 unspecified atom stereocenters. The smallest absolute Gasteiger partial charge is 0.261 e. The van der Waals surface area contributed by atoms with E-state index in [0.29, 0.717) is 6.54 Å². The van der Waals surface area contributed by atoms with Crippen LogP contribution in [0.15, 0.2) is 12.1 Å². The molecule has 0 radical (unpaired) electrons. The lowest BCUT2D eigenvalue weighted by atomic mass is 9.99. The van der Waals surface area contributed by atoms with Gasteiger partial charge in [-0.1, -0.05) is 0 Å². The second kappa shape index (κ2) is 8.15. The molecule has 2 aliphatic rings. The Morgan fingerprint density at radius 1 is 0.889 bits per heavy atom. The molecule has 2 amide bonds. The Kier molecular flexibility index (Phi) is 5.64. The first-order valence-electron chi connectivity index (χ1n) is 9.92. The zero-order valence-electron chi connectivity index (χ0n) is 15.7. The van der Waals surface area contributed by atoms with E-state index >= 15 is 0 Å². The molecule has 144 valence electrons. The van der Waals surface area contributed by atoms with E-state index in [-0.39, 0.29) is 17.9 Å². The lowest BCUT2D eigenvalue weighted by molar-refractivity contribution is 0.0916. The van der Waals surface area contributed by atoms with Gasteiger partial charge < -0.3 is 10.6 Å². The molecule has 4 rings (SSSR count). The molecule has 2 aromatic heterocycles. The fourth-order valence-corrected chi connectivity index (χ4v) is 6.21. The summed E-state index contributed by atoms with van der Waals surface area (Å²) in [5.74, 6) is -0.0511. The molecule has 0 saturated carbocycles. The van der Waals surface area contributed by atoms with Gasteiger partial charge in [0.05, 0.1) is 9.75 Å². The molecule has 0 aromatic carbocycles. The molecule has 0 bridgehead atoms. The van der Waals surface area contributed by atoms with Crippen LogP contribution in [0.25, 0.3) is 0 Å². The Labute approximate surface area is 168 Å². The predicted molar refractivity (Wildman–Crippen MR) is 111 cm³/mol. The van der Waals surface area contributed by atoms with Crippen molar-refractivity contribution in [2.45, 2.75) is 64.3 Å². The van der Waals surface area contributed by atoms with Crippen molar-refractivity contribution in [2.24, 2.45) is 0 Å². The van der Waals surface area contributed by atoms with Crippen molar-refractivity contribution < 1.29 is 9.59 Å². The zero-order chi connectivity index (χ0) is 18.8. The lowest BCUT2D eigenvalue weighted by Gasteiger charge is -2.13. The molecule has 2 aromatic rings. The van der Waals surface area contributed by atoms with Crippen LogP contribution in [0.3, 0.4) is 0 Å². The molecule has 2 heterocycles. The second-order valence-electron chi connectivity index (χ2n) is 7.62. The summed E-state index contributed by atoms with van der Waals surface area (Å²) < 4.78 is 0. The van der Waals surface area contributed by atoms with Gasteiger partial charge in [0.1, 0.15) is 0 Å². The first-order chi connectivity index (χ1) is 13.1. The molecular weight excluding hydrogens is 376 g/mol. The van der Waals surface area contributed by atoms with Crippen LogP contribution in [0.5, 0.6) is 0 Å². The van der Waals surface area contributed by atoms with Crippen LogP contribution in [0, 0.1) is 0 Å². The van der Waals surface area contributed by atoms with Gasteiger partial charge >= 0.3 is 0 Å². The maximum absolute atomic E-state index is 12.5. The number of hydrogen-bond donors (Lipinski definition) is 2. The molecule has 0 aliphatic heterocycles. The number of rotatable bonds is 5. The minimum Gasteiger partial charge on any atom is -0.349 e. The molecule has 2 N–H and O–H groups in total. The standard InChI is InChI=1S/C21H26N2O2S2/c1-13(23-21(25)19-11-15-7-3-5-9-17(15)27-19)12-22-20(24)18-10-14-6-2-4-8-16(14)26-18/h10-11,13H,2-9,12H2,1H3,(H,22,24)(H,23,25)/t13-/m0/s1. The molecule has 0 saturated heterocycles. The summed E-state index contributed by atoms with van der Waals surface area (Å²) >= 11 is 3.25. The van der Waals surface area contributed by atoms with E-state index in [2.05, 4.69) is 16.7 Å². The third kappa shape index (κ3) is 4.27. The fourth-order valence-electron chi connectivity index (χ4n) is 3.88. The summed E-state index contributed by atoms with van der Waals surface area (Å²) in [5, 5.41) is 6.00. The number of nitrogens with one attached hydrogen (secondary N) is 2. The number of thiophene rings is 2. The highest BCUT2D eigenvalue weighted by Gasteiger charge is 2.20. The highest BCUT2D eigenvalue weighted by atomic mass is 32.1. The second-order valence-corrected chi connectivity index (χ2v) is 9.89. The van der Waals surface area contributed by atoms with E-state index in [1.54, 1.807) is 22.7 Å². The van der Waals surface area contributed by atoms with E-state index in [1.807, 2.05) is 13.0 Å². The summed E-state index contributed by atoms with van der Waals surface area (Å²) in [4.78, 5) is 29.3. The van der Waals surface area contributed by atoms with Crippen molar-refractivity contribution in [3.8, 4) is 0 Å². The fraction of sp³-hybridized carbons (Fsp3) is 0.524. The Bertz CT molecular complexity index is 805. The Morgan fingerprint density at radius 3 is 1.96 bits per heavy atom. The van der Waals surface area contributed by atoms with Gasteiger partial charge in [-0.15, -0.1) is 22.7 Å². The van der Waals surface area contributed by atoms with Crippen LogP contribution in [0.4, 0.5) is 0 Å². The number of carbonyl (C=O) groups excluding carboxylic acids is 2. The highest BCUT2D eigenvalue weighted by Crippen LogP contribution is 2.30. The quantitative estimate of drug-likeness (QED) is 0.790. The van der Waals surface area contributed by atoms with Crippen LogP contribution in [0.1, 0.15) is 72.8 Å². The molecule has 0 spiro atoms. The Balaban J connectivity index is 1.29. The Morgan fingerprint density at radius 2 is 1.41 bits per heavy atom. The van der Waals surface area contributed by atoms with E-state index in [9.17, 15) is 9.59 Å². The summed E-state index contributed by atoms with van der Waals surface area (Å²) in [7, 11) is 0. The minimum absolute atomic E-state index is 0.0252. The van der Waals surface area contributed by atoms with Crippen LogP contribution >= 0.6 is 22.7 Å². The Hall–Kier alpha value is -1.66. The molecule has 2 aliphatic carbocycles. The zero-order valence-corrected chi connectivity index (χ0v) is 17.4. The molecule has 0 fully saturated rings. The first-order valence-corrected chi connectivity index (χ1v) is 11.6. The van der Waals surface area contributed by atoms with Crippen LogP contribution < -0.4 is 10.6 Å².